The first kappa shape index (κ1) is 19.4. The van der Waals surface area contributed by atoms with Crippen LogP contribution in [0.15, 0.2) is 59.5 Å². The third-order valence-corrected chi connectivity index (χ3v) is 4.77. The molecule has 2 rings (SSSR count). The Labute approximate surface area is 155 Å². The number of ether oxygens (including phenoxy) is 1. The lowest BCUT2D eigenvalue weighted by atomic mass is 10.1. The van der Waals surface area contributed by atoms with E-state index in [1.807, 2.05) is 63.2 Å². The monoisotopic (exact) mass is 357 g/mol. The lowest BCUT2D eigenvalue weighted by Crippen LogP contribution is -2.31. The Morgan fingerprint density at radius 2 is 1.72 bits per heavy atom. The van der Waals surface area contributed by atoms with E-state index in [1.54, 1.807) is 11.8 Å². The van der Waals surface area contributed by atoms with Crippen LogP contribution >= 0.6 is 11.8 Å². The van der Waals surface area contributed by atoms with Crippen LogP contribution in [0.3, 0.4) is 0 Å². The second kappa shape index (κ2) is 10.1. The van der Waals surface area contributed by atoms with Crippen LogP contribution in [-0.2, 0) is 11.2 Å². The Morgan fingerprint density at radius 3 is 2.36 bits per heavy atom. The van der Waals surface area contributed by atoms with Gasteiger partial charge >= 0.3 is 0 Å². The van der Waals surface area contributed by atoms with Crippen molar-refractivity contribution in [3.8, 4) is 5.75 Å². The summed E-state index contributed by atoms with van der Waals surface area (Å²) in [4.78, 5) is 13.3. The van der Waals surface area contributed by atoms with Gasteiger partial charge in [-0.25, -0.2) is 0 Å². The van der Waals surface area contributed by atoms with E-state index >= 15 is 0 Å². The second-order valence-electron chi connectivity index (χ2n) is 6.28. The van der Waals surface area contributed by atoms with Crippen LogP contribution in [0, 0.1) is 0 Å². The smallest absolute Gasteiger partial charge is 0.233 e. The van der Waals surface area contributed by atoms with Gasteiger partial charge < -0.3 is 10.1 Å². The third kappa shape index (κ3) is 7.22. The molecule has 0 bridgehead atoms. The maximum absolute atomic E-state index is 12.2. The molecule has 3 nitrogen and oxygen atoms in total. The predicted octanol–water partition coefficient (Wildman–Crippen LogP) is 4.70. The van der Waals surface area contributed by atoms with Gasteiger partial charge in [-0.15, -0.1) is 11.8 Å². The van der Waals surface area contributed by atoms with E-state index in [4.69, 9.17) is 4.74 Å². The zero-order valence-electron chi connectivity index (χ0n) is 15.2. The minimum atomic E-state index is -0.0881. The summed E-state index contributed by atoms with van der Waals surface area (Å²) in [5.41, 5.74) is 1.26. The van der Waals surface area contributed by atoms with Crippen molar-refractivity contribution >= 4 is 17.7 Å². The van der Waals surface area contributed by atoms with E-state index in [0.29, 0.717) is 6.54 Å². The van der Waals surface area contributed by atoms with Gasteiger partial charge in [0, 0.05) is 11.4 Å². The Kier molecular flexibility index (Phi) is 7.86. The summed E-state index contributed by atoms with van der Waals surface area (Å²) in [7, 11) is 0. The number of hydrogen-bond donors (Lipinski definition) is 1. The highest BCUT2D eigenvalue weighted by atomic mass is 32.2. The van der Waals surface area contributed by atoms with Gasteiger partial charge in [-0.05, 0) is 63.4 Å². The van der Waals surface area contributed by atoms with Gasteiger partial charge in [0.25, 0.3) is 0 Å². The van der Waals surface area contributed by atoms with Gasteiger partial charge in [0.05, 0.1) is 11.4 Å². The zero-order valence-corrected chi connectivity index (χ0v) is 16.0. The molecule has 2 aromatic carbocycles. The van der Waals surface area contributed by atoms with Crippen LogP contribution in [0.2, 0.25) is 0 Å². The van der Waals surface area contributed by atoms with Gasteiger partial charge in [-0.3, -0.25) is 4.79 Å². The van der Waals surface area contributed by atoms with Crippen molar-refractivity contribution < 1.29 is 9.53 Å². The molecule has 0 fully saturated rings. The molecule has 2 aromatic rings. The van der Waals surface area contributed by atoms with E-state index in [1.165, 1.54) is 5.56 Å². The number of carbonyl (C=O) groups excluding carboxylic acids is 1. The predicted molar refractivity (Wildman–Crippen MR) is 105 cm³/mol. The molecule has 1 unspecified atom stereocenters. The van der Waals surface area contributed by atoms with E-state index in [9.17, 15) is 4.79 Å². The number of thioether (sulfide) groups is 1. The van der Waals surface area contributed by atoms with Crippen molar-refractivity contribution in [3.63, 3.8) is 0 Å². The van der Waals surface area contributed by atoms with Crippen LogP contribution in [0.4, 0.5) is 0 Å². The molecule has 0 saturated carbocycles. The Balaban J connectivity index is 1.67. The molecular weight excluding hydrogens is 330 g/mol. The fourth-order valence-electron chi connectivity index (χ4n) is 2.41. The number of nitrogens with one attached hydrogen (secondary N) is 1. The maximum Gasteiger partial charge on any atom is 0.233 e. The molecular formula is C21H27NO2S. The first-order valence-corrected chi connectivity index (χ1v) is 9.67. The highest BCUT2D eigenvalue weighted by Gasteiger charge is 2.13. The molecule has 0 aromatic heterocycles. The third-order valence-electron chi connectivity index (χ3n) is 3.66. The van der Waals surface area contributed by atoms with Crippen LogP contribution in [-0.4, -0.2) is 23.8 Å². The number of aryl methyl sites for hydroxylation is 1. The van der Waals surface area contributed by atoms with E-state index in [2.05, 4.69) is 17.4 Å². The van der Waals surface area contributed by atoms with Gasteiger partial charge in [0.2, 0.25) is 5.91 Å². The summed E-state index contributed by atoms with van der Waals surface area (Å²) in [6, 6.07) is 18.2. The molecule has 0 aliphatic heterocycles. The summed E-state index contributed by atoms with van der Waals surface area (Å²) in [6.45, 7) is 6.69. The minimum absolute atomic E-state index is 0.0881. The fourth-order valence-corrected chi connectivity index (χ4v) is 3.32. The average molecular weight is 358 g/mol. The van der Waals surface area contributed by atoms with Crippen LogP contribution in [0.1, 0.15) is 32.8 Å². The number of hydrogen-bond acceptors (Lipinski definition) is 3. The van der Waals surface area contributed by atoms with E-state index in [0.717, 1.165) is 23.5 Å². The molecule has 0 aliphatic rings. The second-order valence-corrected chi connectivity index (χ2v) is 7.69. The number of carbonyl (C=O) groups is 1. The number of rotatable bonds is 9. The Morgan fingerprint density at radius 1 is 1.04 bits per heavy atom. The topological polar surface area (TPSA) is 38.3 Å². The minimum Gasteiger partial charge on any atom is -0.491 e. The zero-order chi connectivity index (χ0) is 18.1. The lowest BCUT2D eigenvalue weighted by Gasteiger charge is -2.12. The molecule has 0 spiro atoms. The molecule has 25 heavy (non-hydrogen) atoms. The molecule has 0 saturated heterocycles. The van der Waals surface area contributed by atoms with E-state index in [-0.39, 0.29) is 17.3 Å². The quantitative estimate of drug-likeness (QED) is 0.522. The normalized spacial score (nSPS) is 12.0. The van der Waals surface area contributed by atoms with E-state index < -0.39 is 0 Å². The SMILES string of the molecule is CC(C)Oc1ccc(CCCNC(=O)C(C)Sc2ccccc2)cc1. The molecule has 1 amide bonds. The van der Waals surface area contributed by atoms with Gasteiger partial charge in [-0.2, -0.15) is 0 Å². The first-order valence-electron chi connectivity index (χ1n) is 8.79. The molecule has 134 valence electrons. The summed E-state index contributed by atoms with van der Waals surface area (Å²) in [6.07, 6.45) is 2.07. The van der Waals surface area contributed by atoms with Crippen molar-refractivity contribution in [2.24, 2.45) is 0 Å². The van der Waals surface area contributed by atoms with Gasteiger partial charge in [0.1, 0.15) is 5.75 Å². The first-order chi connectivity index (χ1) is 12.0. The summed E-state index contributed by atoms with van der Waals surface area (Å²) in [5, 5.41) is 2.94. The van der Waals surface area contributed by atoms with Crippen LogP contribution in [0.25, 0.3) is 0 Å². The molecule has 1 atom stereocenters. The summed E-state index contributed by atoms with van der Waals surface area (Å²) >= 11 is 1.59. The highest BCUT2D eigenvalue weighted by molar-refractivity contribution is 8.00. The molecule has 0 heterocycles. The number of benzene rings is 2. The Bertz CT molecular complexity index is 641. The highest BCUT2D eigenvalue weighted by Crippen LogP contribution is 2.22. The maximum atomic E-state index is 12.2. The van der Waals surface area contributed by atoms with Crippen molar-refractivity contribution in [2.45, 2.75) is 49.9 Å². The van der Waals surface area contributed by atoms with Gasteiger partial charge in [-0.1, -0.05) is 30.3 Å². The molecule has 0 aliphatic carbocycles. The van der Waals surface area contributed by atoms with Crippen molar-refractivity contribution in [1.29, 1.82) is 0 Å². The molecule has 4 heteroatoms. The largest absolute Gasteiger partial charge is 0.491 e. The summed E-state index contributed by atoms with van der Waals surface area (Å²) < 4.78 is 5.64. The van der Waals surface area contributed by atoms with Crippen molar-refractivity contribution in [1.82, 2.24) is 5.32 Å². The average Bonchev–Trinajstić information content (AvgIpc) is 2.60. The van der Waals surface area contributed by atoms with Crippen molar-refractivity contribution in [2.75, 3.05) is 6.54 Å². The van der Waals surface area contributed by atoms with Crippen LogP contribution in [0.5, 0.6) is 5.75 Å². The molecule has 1 N–H and O–H groups in total. The lowest BCUT2D eigenvalue weighted by molar-refractivity contribution is -0.120. The van der Waals surface area contributed by atoms with Crippen molar-refractivity contribution in [3.05, 3.63) is 60.2 Å². The number of amides is 1. The standard InChI is InChI=1S/C21H27NO2S/c1-16(2)24-19-13-11-18(12-14-19)8-7-15-22-21(23)17(3)25-20-9-5-4-6-10-20/h4-6,9-14,16-17H,7-8,15H2,1-3H3,(H,22,23). The van der Waals surface area contributed by atoms with Crippen LogP contribution < -0.4 is 10.1 Å². The molecule has 0 radical (unpaired) electrons. The summed E-state index contributed by atoms with van der Waals surface area (Å²) in [5.74, 6) is 0.994. The van der Waals surface area contributed by atoms with Gasteiger partial charge in [0.15, 0.2) is 0 Å². The Hall–Kier alpha value is -1.94. The fraction of sp³-hybridized carbons (Fsp3) is 0.381.